The van der Waals surface area contributed by atoms with Crippen molar-refractivity contribution in [3.63, 3.8) is 0 Å². The van der Waals surface area contributed by atoms with Crippen molar-refractivity contribution in [1.82, 2.24) is 4.90 Å². The Kier molecular flexibility index (Phi) is 23.8. The molecule has 5 heteroatoms. The van der Waals surface area contributed by atoms with Gasteiger partial charge >= 0.3 is 0 Å². The highest BCUT2D eigenvalue weighted by molar-refractivity contribution is 4.56. The molecule has 0 aliphatic heterocycles. The summed E-state index contributed by atoms with van der Waals surface area (Å²) in [5.41, 5.74) is 0. The zero-order chi connectivity index (χ0) is 23.8. The Morgan fingerprint density at radius 3 is 1.25 bits per heavy atom. The molecule has 0 spiro atoms. The zero-order valence-corrected chi connectivity index (χ0v) is 21.9. The molecule has 0 bridgehead atoms. The molecule has 32 heavy (non-hydrogen) atoms. The van der Waals surface area contributed by atoms with Crippen molar-refractivity contribution >= 4 is 0 Å². The maximum absolute atomic E-state index is 10.8. The van der Waals surface area contributed by atoms with Gasteiger partial charge in [0.1, 0.15) is 19.6 Å². The number of aliphatic hydroxyl groups excluding tert-OH is 2. The van der Waals surface area contributed by atoms with Gasteiger partial charge in [0.25, 0.3) is 0 Å². The molecule has 0 saturated carbocycles. The van der Waals surface area contributed by atoms with Crippen LogP contribution in [0.1, 0.15) is 123 Å². The molecule has 0 aliphatic rings. The minimum absolute atomic E-state index is 0.117. The Labute approximate surface area is 200 Å². The second-order valence-electron chi connectivity index (χ2n) is 9.80. The molecule has 0 rings (SSSR count). The molecule has 0 amide bonds. The number of unbranched alkanes of at least 4 members (excludes halogenated alkanes) is 15. The van der Waals surface area contributed by atoms with Crippen molar-refractivity contribution < 1.29 is 20.1 Å². The standard InChI is InChI=1S/C27H59N2O3/c1-3-5-6-7-8-9-10-11-12-13-14-15-16-17-18-19-24-29(32,4-2)25-20-21-28(22-26-30)23-27-31/h30-32H,3-27H2,1-2H3/q+1. The van der Waals surface area contributed by atoms with E-state index in [0.717, 1.165) is 39.0 Å². The van der Waals surface area contributed by atoms with Crippen LogP contribution in [0.3, 0.4) is 0 Å². The van der Waals surface area contributed by atoms with E-state index < -0.39 is 0 Å². The predicted molar refractivity (Wildman–Crippen MR) is 137 cm³/mol. The van der Waals surface area contributed by atoms with Gasteiger partial charge < -0.3 is 10.2 Å². The Bertz CT molecular complexity index is 365. The maximum atomic E-state index is 10.8. The number of quaternary nitrogens is 1. The summed E-state index contributed by atoms with van der Waals surface area (Å²) in [7, 11) is 0. The van der Waals surface area contributed by atoms with Crippen molar-refractivity contribution in [3.8, 4) is 0 Å². The number of aliphatic hydroxyl groups is 2. The number of nitrogens with zero attached hydrogens (tertiary/aromatic N) is 2. The summed E-state index contributed by atoms with van der Waals surface area (Å²) >= 11 is 0. The molecular formula is C27H59N2O3+. The molecule has 0 radical (unpaired) electrons. The Balaban J connectivity index is 3.54. The van der Waals surface area contributed by atoms with Gasteiger partial charge in [-0.2, -0.15) is 4.65 Å². The third kappa shape index (κ3) is 20.4. The van der Waals surface area contributed by atoms with Gasteiger partial charge in [-0.15, -0.1) is 0 Å². The number of hydrogen-bond acceptors (Lipinski definition) is 4. The number of rotatable bonds is 26. The van der Waals surface area contributed by atoms with Gasteiger partial charge in [0.05, 0.1) is 13.2 Å². The van der Waals surface area contributed by atoms with E-state index in [2.05, 4.69) is 18.7 Å². The van der Waals surface area contributed by atoms with E-state index in [1.807, 2.05) is 0 Å². The van der Waals surface area contributed by atoms with Gasteiger partial charge in [-0.05, 0) is 19.8 Å². The normalized spacial score (nSPS) is 13.7. The molecule has 0 aromatic heterocycles. The molecule has 0 heterocycles. The maximum Gasteiger partial charge on any atom is 0.110 e. The van der Waals surface area contributed by atoms with Gasteiger partial charge in [-0.1, -0.05) is 96.8 Å². The second-order valence-corrected chi connectivity index (χ2v) is 9.80. The van der Waals surface area contributed by atoms with E-state index >= 15 is 0 Å². The minimum Gasteiger partial charge on any atom is -0.395 e. The van der Waals surface area contributed by atoms with Gasteiger partial charge in [-0.25, -0.2) is 5.21 Å². The van der Waals surface area contributed by atoms with Crippen LogP contribution in [0, 0.1) is 0 Å². The van der Waals surface area contributed by atoms with E-state index in [0.29, 0.717) is 13.1 Å². The average molecular weight is 460 g/mol. The third-order valence-corrected chi connectivity index (χ3v) is 6.90. The Hall–Kier alpha value is -0.200. The molecule has 0 fully saturated rings. The van der Waals surface area contributed by atoms with Crippen LogP contribution in [0.2, 0.25) is 0 Å². The molecule has 0 saturated heterocycles. The van der Waals surface area contributed by atoms with E-state index in [1.165, 1.54) is 96.3 Å². The fraction of sp³-hybridized carbons (Fsp3) is 1.00. The smallest absolute Gasteiger partial charge is 0.110 e. The largest absolute Gasteiger partial charge is 0.395 e. The number of hydrogen-bond donors (Lipinski definition) is 3. The lowest BCUT2D eigenvalue weighted by Gasteiger charge is -2.30. The highest BCUT2D eigenvalue weighted by atomic mass is 16.5. The fourth-order valence-electron chi connectivity index (χ4n) is 4.59. The van der Waals surface area contributed by atoms with Crippen LogP contribution in [0.5, 0.6) is 0 Å². The van der Waals surface area contributed by atoms with Crippen molar-refractivity contribution in [1.29, 1.82) is 0 Å². The van der Waals surface area contributed by atoms with E-state index in [-0.39, 0.29) is 17.9 Å². The summed E-state index contributed by atoms with van der Waals surface area (Å²) in [5.74, 6) is 0. The van der Waals surface area contributed by atoms with Crippen molar-refractivity contribution in [3.05, 3.63) is 0 Å². The summed E-state index contributed by atoms with van der Waals surface area (Å²) < 4.78 is 0.157. The van der Waals surface area contributed by atoms with Gasteiger partial charge in [0.15, 0.2) is 0 Å². The molecule has 1 atom stereocenters. The van der Waals surface area contributed by atoms with Gasteiger partial charge in [0.2, 0.25) is 0 Å². The topological polar surface area (TPSA) is 63.9 Å². The first-order valence-corrected chi connectivity index (χ1v) is 14.1. The fourth-order valence-corrected chi connectivity index (χ4v) is 4.59. The van der Waals surface area contributed by atoms with E-state index in [1.54, 1.807) is 0 Å². The Morgan fingerprint density at radius 1 is 0.500 bits per heavy atom. The van der Waals surface area contributed by atoms with Gasteiger partial charge in [0, 0.05) is 26.1 Å². The lowest BCUT2D eigenvalue weighted by molar-refractivity contribution is -1.10. The van der Waals surface area contributed by atoms with Crippen LogP contribution in [0.15, 0.2) is 0 Å². The van der Waals surface area contributed by atoms with Gasteiger partial charge in [-0.3, -0.25) is 4.90 Å². The Morgan fingerprint density at radius 2 is 0.875 bits per heavy atom. The molecule has 5 nitrogen and oxygen atoms in total. The lowest BCUT2D eigenvalue weighted by Crippen LogP contribution is -2.47. The molecule has 194 valence electrons. The predicted octanol–water partition coefficient (Wildman–Crippen LogP) is 6.15. The second kappa shape index (κ2) is 23.9. The molecule has 0 aromatic carbocycles. The first-order valence-electron chi connectivity index (χ1n) is 14.1. The summed E-state index contributed by atoms with van der Waals surface area (Å²) in [6.45, 7) is 8.93. The van der Waals surface area contributed by atoms with Crippen LogP contribution in [0.25, 0.3) is 0 Å². The summed E-state index contributed by atoms with van der Waals surface area (Å²) in [6, 6.07) is 0. The third-order valence-electron chi connectivity index (χ3n) is 6.90. The van der Waals surface area contributed by atoms with Crippen molar-refractivity contribution in [2.75, 3.05) is 52.5 Å². The van der Waals surface area contributed by atoms with Crippen molar-refractivity contribution in [2.45, 2.75) is 123 Å². The van der Waals surface area contributed by atoms with Crippen LogP contribution >= 0.6 is 0 Å². The summed E-state index contributed by atoms with van der Waals surface area (Å²) in [4.78, 5) is 2.06. The van der Waals surface area contributed by atoms with Crippen LogP contribution < -0.4 is 0 Å². The monoisotopic (exact) mass is 459 g/mol. The lowest BCUT2D eigenvalue weighted by atomic mass is 10.0. The summed E-state index contributed by atoms with van der Waals surface area (Å²) in [6.07, 6.45) is 22.8. The SMILES string of the molecule is CCCCCCCCCCCCCCCCCC[N+](O)(CC)CCCN(CCO)CCO. The zero-order valence-electron chi connectivity index (χ0n) is 21.9. The first kappa shape index (κ1) is 31.8. The molecule has 0 aromatic rings. The van der Waals surface area contributed by atoms with Crippen LogP contribution in [-0.4, -0.2) is 77.4 Å². The summed E-state index contributed by atoms with van der Waals surface area (Å²) in [5, 5.41) is 29.0. The van der Waals surface area contributed by atoms with Crippen LogP contribution in [-0.2, 0) is 0 Å². The molecular weight excluding hydrogens is 400 g/mol. The highest BCUT2D eigenvalue weighted by Gasteiger charge is 2.22. The average Bonchev–Trinajstić information content (AvgIpc) is 2.79. The van der Waals surface area contributed by atoms with Crippen molar-refractivity contribution in [2.24, 2.45) is 0 Å². The number of hydroxylamine groups is 3. The molecule has 3 N–H and O–H groups in total. The first-order chi connectivity index (χ1) is 15.6. The molecule has 0 aliphatic carbocycles. The highest BCUT2D eigenvalue weighted by Crippen LogP contribution is 2.14. The molecule has 1 unspecified atom stereocenters. The van der Waals surface area contributed by atoms with E-state index in [4.69, 9.17) is 10.2 Å². The van der Waals surface area contributed by atoms with Crippen LogP contribution in [0.4, 0.5) is 0 Å². The minimum atomic E-state index is 0.117. The van der Waals surface area contributed by atoms with E-state index in [9.17, 15) is 5.21 Å². The quantitative estimate of drug-likeness (QED) is 0.0824.